The minimum atomic E-state index is 0.308. The number of aliphatic imine (C=N–C) groups is 1. The molecule has 1 heteroatoms. The van der Waals surface area contributed by atoms with E-state index in [1.165, 1.54) is 17.7 Å². The molecule has 0 N–H and O–H groups in total. The summed E-state index contributed by atoms with van der Waals surface area (Å²) < 4.78 is 0. The van der Waals surface area contributed by atoms with Crippen LogP contribution in [-0.4, -0.2) is 11.8 Å². The standard InChI is InChI=1S/C16H31N/c1-9-16(7,8)11-14(6)17-15(13(4)5)10-12(2)3/h12,15H,4,9-11H2,1-3,5-8H3. The molecule has 0 aromatic rings. The molecule has 0 radical (unpaired) electrons. The van der Waals surface area contributed by atoms with Crippen LogP contribution in [0.1, 0.15) is 67.7 Å². The Labute approximate surface area is 108 Å². The van der Waals surface area contributed by atoms with Crippen LogP contribution in [0.15, 0.2) is 17.1 Å². The second-order valence-corrected chi connectivity index (χ2v) is 6.55. The lowest BCUT2D eigenvalue weighted by Gasteiger charge is -2.24. The van der Waals surface area contributed by atoms with E-state index in [-0.39, 0.29) is 0 Å². The first-order chi connectivity index (χ1) is 7.68. The van der Waals surface area contributed by atoms with E-state index >= 15 is 0 Å². The van der Waals surface area contributed by atoms with Crippen molar-refractivity contribution < 1.29 is 0 Å². The molecule has 0 saturated heterocycles. The summed E-state index contributed by atoms with van der Waals surface area (Å²) in [4.78, 5) is 4.87. The van der Waals surface area contributed by atoms with Gasteiger partial charge in [-0.3, -0.25) is 4.99 Å². The average molecular weight is 237 g/mol. The van der Waals surface area contributed by atoms with Gasteiger partial charge in [0.05, 0.1) is 6.04 Å². The molecule has 0 bridgehead atoms. The van der Waals surface area contributed by atoms with Gasteiger partial charge in [-0.25, -0.2) is 0 Å². The van der Waals surface area contributed by atoms with Gasteiger partial charge in [-0.05, 0) is 38.0 Å². The molecular formula is C16H31N. The first kappa shape index (κ1) is 16.4. The van der Waals surface area contributed by atoms with Crippen LogP contribution >= 0.6 is 0 Å². The zero-order valence-electron chi connectivity index (χ0n) is 12.9. The van der Waals surface area contributed by atoms with E-state index in [0.717, 1.165) is 12.8 Å². The molecule has 0 aliphatic rings. The summed E-state index contributed by atoms with van der Waals surface area (Å²) in [6.45, 7) is 19.7. The predicted octanol–water partition coefficient (Wildman–Crippen LogP) is 5.26. The highest BCUT2D eigenvalue weighted by Crippen LogP contribution is 2.26. The molecule has 17 heavy (non-hydrogen) atoms. The normalized spacial score (nSPS) is 15.2. The lowest BCUT2D eigenvalue weighted by atomic mass is 9.84. The van der Waals surface area contributed by atoms with Crippen LogP contribution in [0.5, 0.6) is 0 Å². The molecule has 0 heterocycles. The van der Waals surface area contributed by atoms with Crippen LogP contribution < -0.4 is 0 Å². The van der Waals surface area contributed by atoms with Gasteiger partial charge in [-0.2, -0.15) is 0 Å². The van der Waals surface area contributed by atoms with E-state index in [2.05, 4.69) is 55.0 Å². The third kappa shape index (κ3) is 7.36. The van der Waals surface area contributed by atoms with Gasteiger partial charge in [0.1, 0.15) is 0 Å². The summed E-state index contributed by atoms with van der Waals surface area (Å²) in [5, 5.41) is 0. The van der Waals surface area contributed by atoms with Crippen LogP contribution in [0.2, 0.25) is 0 Å². The van der Waals surface area contributed by atoms with Gasteiger partial charge < -0.3 is 0 Å². The minimum Gasteiger partial charge on any atom is -0.287 e. The third-order valence-electron chi connectivity index (χ3n) is 3.33. The predicted molar refractivity (Wildman–Crippen MR) is 79.9 cm³/mol. The van der Waals surface area contributed by atoms with Crippen molar-refractivity contribution >= 4 is 5.71 Å². The Morgan fingerprint density at radius 2 is 1.76 bits per heavy atom. The fourth-order valence-electron chi connectivity index (χ4n) is 1.94. The molecule has 0 amide bonds. The Kier molecular flexibility index (Phi) is 6.74. The molecule has 0 aromatic heterocycles. The summed E-state index contributed by atoms with van der Waals surface area (Å²) in [7, 11) is 0. The molecule has 0 saturated carbocycles. The molecule has 0 fully saturated rings. The van der Waals surface area contributed by atoms with Crippen molar-refractivity contribution in [2.75, 3.05) is 0 Å². The lowest BCUT2D eigenvalue weighted by Crippen LogP contribution is -2.17. The Morgan fingerprint density at radius 1 is 1.24 bits per heavy atom. The number of nitrogens with zero attached hydrogens (tertiary/aromatic N) is 1. The zero-order valence-corrected chi connectivity index (χ0v) is 12.9. The first-order valence-corrected chi connectivity index (χ1v) is 6.86. The number of hydrogen-bond donors (Lipinski definition) is 0. The van der Waals surface area contributed by atoms with E-state index < -0.39 is 0 Å². The summed E-state index contributed by atoms with van der Waals surface area (Å²) in [6.07, 6.45) is 3.40. The van der Waals surface area contributed by atoms with Gasteiger partial charge in [0, 0.05) is 5.71 Å². The van der Waals surface area contributed by atoms with Gasteiger partial charge in [-0.15, -0.1) is 0 Å². The molecule has 1 nitrogen and oxygen atoms in total. The zero-order chi connectivity index (χ0) is 13.6. The molecule has 0 aliphatic heterocycles. The van der Waals surface area contributed by atoms with E-state index in [0.29, 0.717) is 17.4 Å². The maximum atomic E-state index is 4.87. The van der Waals surface area contributed by atoms with Crippen molar-refractivity contribution in [2.24, 2.45) is 16.3 Å². The highest BCUT2D eigenvalue weighted by Gasteiger charge is 2.17. The van der Waals surface area contributed by atoms with Crippen molar-refractivity contribution in [3.05, 3.63) is 12.2 Å². The van der Waals surface area contributed by atoms with E-state index in [1.54, 1.807) is 0 Å². The largest absolute Gasteiger partial charge is 0.287 e. The first-order valence-electron chi connectivity index (χ1n) is 6.86. The van der Waals surface area contributed by atoms with Crippen LogP contribution in [-0.2, 0) is 0 Å². The molecule has 1 unspecified atom stereocenters. The van der Waals surface area contributed by atoms with E-state index in [4.69, 9.17) is 4.99 Å². The summed E-state index contributed by atoms with van der Waals surface area (Å²) in [6, 6.07) is 0.308. The van der Waals surface area contributed by atoms with Gasteiger partial charge in [-0.1, -0.05) is 53.2 Å². The fourth-order valence-corrected chi connectivity index (χ4v) is 1.94. The highest BCUT2D eigenvalue weighted by atomic mass is 14.8. The topological polar surface area (TPSA) is 12.4 Å². The average Bonchev–Trinajstić information content (AvgIpc) is 2.15. The second-order valence-electron chi connectivity index (χ2n) is 6.55. The van der Waals surface area contributed by atoms with Gasteiger partial charge in [0.25, 0.3) is 0 Å². The van der Waals surface area contributed by atoms with E-state index in [9.17, 15) is 0 Å². The van der Waals surface area contributed by atoms with Crippen LogP contribution in [0.4, 0.5) is 0 Å². The van der Waals surface area contributed by atoms with Crippen molar-refractivity contribution in [3.8, 4) is 0 Å². The lowest BCUT2D eigenvalue weighted by molar-refractivity contribution is 0.366. The van der Waals surface area contributed by atoms with Gasteiger partial charge >= 0.3 is 0 Å². The smallest absolute Gasteiger partial charge is 0.0705 e. The maximum Gasteiger partial charge on any atom is 0.0705 e. The van der Waals surface area contributed by atoms with Crippen molar-refractivity contribution in [1.82, 2.24) is 0 Å². The molecule has 100 valence electrons. The Bertz CT molecular complexity index is 271. The van der Waals surface area contributed by atoms with Gasteiger partial charge in [0.2, 0.25) is 0 Å². The third-order valence-corrected chi connectivity index (χ3v) is 3.33. The second kappa shape index (κ2) is 6.98. The van der Waals surface area contributed by atoms with Crippen molar-refractivity contribution in [1.29, 1.82) is 0 Å². The number of rotatable bonds is 7. The molecule has 0 aliphatic carbocycles. The quantitative estimate of drug-likeness (QED) is 0.423. The SMILES string of the molecule is C=C(C)C(CC(C)C)N=C(C)CC(C)(C)CC. The molecular weight excluding hydrogens is 206 g/mol. The molecule has 0 rings (SSSR count). The fraction of sp³-hybridized carbons (Fsp3) is 0.812. The van der Waals surface area contributed by atoms with E-state index in [1.807, 2.05) is 0 Å². The molecule has 1 atom stereocenters. The summed E-state index contributed by atoms with van der Waals surface area (Å²) in [5.74, 6) is 0.674. The number of hydrogen-bond acceptors (Lipinski definition) is 1. The van der Waals surface area contributed by atoms with Crippen LogP contribution in [0.25, 0.3) is 0 Å². The van der Waals surface area contributed by atoms with Crippen LogP contribution in [0, 0.1) is 11.3 Å². The maximum absolute atomic E-state index is 4.87. The summed E-state index contributed by atoms with van der Waals surface area (Å²) in [5.41, 5.74) is 2.82. The van der Waals surface area contributed by atoms with Gasteiger partial charge in [0.15, 0.2) is 0 Å². The monoisotopic (exact) mass is 237 g/mol. The molecule has 0 spiro atoms. The van der Waals surface area contributed by atoms with Crippen molar-refractivity contribution in [3.63, 3.8) is 0 Å². The van der Waals surface area contributed by atoms with Crippen LogP contribution in [0.3, 0.4) is 0 Å². The highest BCUT2D eigenvalue weighted by molar-refractivity contribution is 5.82. The molecule has 0 aromatic carbocycles. The Morgan fingerprint density at radius 3 is 2.12 bits per heavy atom. The van der Waals surface area contributed by atoms with Crippen molar-refractivity contribution in [2.45, 2.75) is 73.8 Å². The Hall–Kier alpha value is -0.590. The summed E-state index contributed by atoms with van der Waals surface area (Å²) >= 11 is 0. The minimum absolute atomic E-state index is 0.308. The Balaban J connectivity index is 4.65.